The van der Waals surface area contributed by atoms with Gasteiger partial charge in [-0.25, -0.2) is 29.9 Å². The Balaban J connectivity index is 0.000000137. The Labute approximate surface area is 506 Å². The van der Waals surface area contributed by atoms with Crippen molar-refractivity contribution in [1.82, 2.24) is 29.9 Å². The van der Waals surface area contributed by atoms with Gasteiger partial charge in [0.25, 0.3) is 0 Å². The highest BCUT2D eigenvalue weighted by molar-refractivity contribution is 6.34. The molecule has 6 nitrogen and oxygen atoms in total. The molecule has 0 aliphatic heterocycles. The molecule has 0 radical (unpaired) electrons. The predicted molar refractivity (Wildman–Crippen MR) is 367 cm³/mol. The Morgan fingerprint density at radius 1 is 0.148 bits per heavy atom. The van der Waals surface area contributed by atoms with Crippen molar-refractivity contribution < 1.29 is 0 Å². The minimum atomic E-state index is 0.658. The Morgan fingerprint density at radius 2 is 0.455 bits per heavy atom. The second kappa shape index (κ2) is 21.0. The fourth-order valence-corrected chi connectivity index (χ4v) is 13.3. The van der Waals surface area contributed by atoms with E-state index in [1.807, 2.05) is 36.4 Å². The van der Waals surface area contributed by atoms with Crippen LogP contribution in [0.15, 0.2) is 303 Å². The minimum Gasteiger partial charge on any atom is -0.208 e. The van der Waals surface area contributed by atoms with E-state index in [1.54, 1.807) is 0 Å². The van der Waals surface area contributed by atoms with Crippen LogP contribution in [0.4, 0.5) is 0 Å². The van der Waals surface area contributed by atoms with E-state index in [1.165, 1.54) is 80.8 Å². The quantitative estimate of drug-likeness (QED) is 0.154. The third kappa shape index (κ3) is 8.57. The molecule has 0 aliphatic rings. The highest BCUT2D eigenvalue weighted by atomic mass is 15.0. The molecule has 2 heterocycles. The van der Waals surface area contributed by atoms with E-state index < -0.39 is 0 Å². The Morgan fingerprint density at radius 3 is 0.932 bits per heavy atom. The van der Waals surface area contributed by atoms with Gasteiger partial charge >= 0.3 is 0 Å². The molecule has 0 bridgehead atoms. The lowest BCUT2D eigenvalue weighted by Crippen LogP contribution is -2.01. The number of hydrogen-bond acceptors (Lipinski definition) is 6. The maximum absolute atomic E-state index is 5.23. The van der Waals surface area contributed by atoms with E-state index >= 15 is 0 Å². The number of hydrogen-bond donors (Lipinski definition) is 0. The largest absolute Gasteiger partial charge is 0.208 e. The molecule has 0 N–H and O–H groups in total. The summed E-state index contributed by atoms with van der Waals surface area (Å²) in [5, 5.41) is 24.1. The third-order valence-electron chi connectivity index (χ3n) is 17.4. The molecular formula is C82H50N6. The van der Waals surface area contributed by atoms with Crippen molar-refractivity contribution in [3.8, 4) is 68.3 Å². The lowest BCUT2D eigenvalue weighted by Gasteiger charge is -2.16. The van der Waals surface area contributed by atoms with Crippen LogP contribution in [-0.4, -0.2) is 29.9 Å². The average molecular weight is 1120 g/mol. The lowest BCUT2D eigenvalue weighted by molar-refractivity contribution is 1.08. The molecule has 0 aliphatic carbocycles. The van der Waals surface area contributed by atoms with Gasteiger partial charge in [-0.2, -0.15) is 0 Å². The van der Waals surface area contributed by atoms with Gasteiger partial charge in [-0.05, 0) is 126 Å². The van der Waals surface area contributed by atoms with Crippen molar-refractivity contribution >= 4 is 108 Å². The standard InChI is InChI=1S/2C41H25N3/c1-2-14-27(15-3-1)39-42-40(35-24-12-16-26-13-4-5-17-28(26)35)44-41(43-39)37-25-36-31-20-7-6-18-29(31)30-19-8-10-22-33(30)38(36)34-23-11-9-21-32(34)37;1-2-13-27(14-3-1)39-42-40(29-23-22-26-12-4-5-15-28(26)24-29)44-41(43-39)37-25-36-32-18-7-6-16-30(32)31-17-8-10-20-34(31)38(36)35-21-11-9-19-33(35)37/h2*1-25H. The topological polar surface area (TPSA) is 77.3 Å². The molecule has 18 aromatic rings. The first-order valence-electron chi connectivity index (χ1n) is 29.8. The molecule has 0 atom stereocenters. The van der Waals surface area contributed by atoms with Crippen LogP contribution in [0, 0.1) is 0 Å². The third-order valence-corrected chi connectivity index (χ3v) is 17.4. The van der Waals surface area contributed by atoms with E-state index in [2.05, 4.69) is 267 Å². The summed E-state index contributed by atoms with van der Waals surface area (Å²) in [5.74, 6) is 3.97. The first kappa shape index (κ1) is 50.6. The second-order valence-electron chi connectivity index (χ2n) is 22.4. The van der Waals surface area contributed by atoms with Crippen LogP contribution in [-0.2, 0) is 0 Å². The average Bonchev–Trinajstić information content (AvgIpc) is 0.825. The molecule has 18 rings (SSSR count). The highest BCUT2D eigenvalue weighted by Crippen LogP contribution is 2.45. The summed E-state index contributed by atoms with van der Waals surface area (Å²) in [6, 6.07) is 107. The van der Waals surface area contributed by atoms with Crippen molar-refractivity contribution in [2.45, 2.75) is 0 Å². The van der Waals surface area contributed by atoms with Crippen LogP contribution in [0.1, 0.15) is 0 Å². The van der Waals surface area contributed by atoms with E-state index in [9.17, 15) is 0 Å². The zero-order valence-electron chi connectivity index (χ0n) is 47.6. The summed E-state index contributed by atoms with van der Waals surface area (Å²) in [4.78, 5) is 30.8. The van der Waals surface area contributed by atoms with Gasteiger partial charge in [0.2, 0.25) is 0 Å². The van der Waals surface area contributed by atoms with Crippen LogP contribution in [0.5, 0.6) is 0 Å². The number of aromatic nitrogens is 6. The molecule has 6 heteroatoms. The summed E-state index contributed by atoms with van der Waals surface area (Å²) in [6.07, 6.45) is 0. The van der Waals surface area contributed by atoms with E-state index in [0.29, 0.717) is 34.9 Å². The Bertz CT molecular complexity index is 5810. The molecule has 0 unspecified atom stereocenters. The van der Waals surface area contributed by atoms with Gasteiger partial charge in [0.15, 0.2) is 34.9 Å². The SMILES string of the molecule is c1ccc(-c2nc(-c3ccc4ccccc4c3)nc(-c3cc4c5ccccc5c5ccccc5c4c4ccccc34)n2)cc1.c1ccc(-c2nc(-c3cccc4ccccc34)nc(-c3cc4c5ccccc5c5ccccc5c4c4ccccc34)n2)cc1. The maximum Gasteiger partial charge on any atom is 0.164 e. The summed E-state index contributed by atoms with van der Waals surface area (Å²) in [6.45, 7) is 0. The van der Waals surface area contributed by atoms with Crippen LogP contribution in [0.2, 0.25) is 0 Å². The molecular weight excluding hydrogens is 1070 g/mol. The van der Waals surface area contributed by atoms with E-state index in [0.717, 1.165) is 60.3 Å². The summed E-state index contributed by atoms with van der Waals surface area (Å²) >= 11 is 0. The lowest BCUT2D eigenvalue weighted by atomic mass is 9.89. The van der Waals surface area contributed by atoms with Gasteiger partial charge in [0.1, 0.15) is 0 Å². The van der Waals surface area contributed by atoms with Crippen molar-refractivity contribution in [3.63, 3.8) is 0 Å². The van der Waals surface area contributed by atoms with Crippen LogP contribution in [0.25, 0.3) is 176 Å². The van der Waals surface area contributed by atoms with E-state index in [4.69, 9.17) is 29.9 Å². The molecule has 16 aromatic carbocycles. The van der Waals surface area contributed by atoms with Gasteiger partial charge in [0, 0.05) is 33.4 Å². The number of fused-ring (bicyclic) bond motifs is 18. The molecule has 88 heavy (non-hydrogen) atoms. The van der Waals surface area contributed by atoms with Crippen LogP contribution < -0.4 is 0 Å². The van der Waals surface area contributed by atoms with Gasteiger partial charge in [0.05, 0.1) is 0 Å². The molecule has 0 spiro atoms. The Hall–Kier alpha value is -11.9. The Kier molecular flexibility index (Phi) is 12.1. The number of nitrogens with zero attached hydrogens (tertiary/aromatic N) is 6. The van der Waals surface area contributed by atoms with Crippen molar-refractivity contribution in [1.29, 1.82) is 0 Å². The maximum atomic E-state index is 5.23. The van der Waals surface area contributed by atoms with Crippen LogP contribution in [0.3, 0.4) is 0 Å². The second-order valence-corrected chi connectivity index (χ2v) is 22.4. The molecule has 0 saturated carbocycles. The van der Waals surface area contributed by atoms with Gasteiger partial charge in [-0.1, -0.05) is 285 Å². The summed E-state index contributed by atoms with van der Waals surface area (Å²) in [5.41, 5.74) is 5.86. The fraction of sp³-hybridized carbons (Fsp3) is 0. The number of rotatable bonds is 6. The monoisotopic (exact) mass is 1120 g/mol. The van der Waals surface area contributed by atoms with Gasteiger partial charge in [-0.15, -0.1) is 0 Å². The molecule has 0 fully saturated rings. The van der Waals surface area contributed by atoms with Crippen molar-refractivity contribution in [2.24, 2.45) is 0 Å². The van der Waals surface area contributed by atoms with Crippen LogP contribution >= 0.6 is 0 Å². The van der Waals surface area contributed by atoms with Gasteiger partial charge in [-0.3, -0.25) is 0 Å². The first-order valence-corrected chi connectivity index (χ1v) is 29.8. The summed E-state index contributed by atoms with van der Waals surface area (Å²) < 4.78 is 0. The first-order chi connectivity index (χ1) is 43.6. The molecule has 0 amide bonds. The van der Waals surface area contributed by atoms with Crippen molar-refractivity contribution in [2.75, 3.05) is 0 Å². The van der Waals surface area contributed by atoms with E-state index in [-0.39, 0.29) is 0 Å². The van der Waals surface area contributed by atoms with Gasteiger partial charge < -0.3 is 0 Å². The van der Waals surface area contributed by atoms with Crippen molar-refractivity contribution in [3.05, 3.63) is 303 Å². The molecule has 408 valence electrons. The fourth-order valence-electron chi connectivity index (χ4n) is 13.3. The zero-order chi connectivity index (χ0) is 58.1. The molecule has 0 saturated heterocycles. The normalized spacial score (nSPS) is 11.6. The number of benzene rings is 16. The zero-order valence-corrected chi connectivity index (χ0v) is 47.6. The predicted octanol–water partition coefficient (Wildman–Crippen LogP) is 21.3. The smallest absolute Gasteiger partial charge is 0.164 e. The molecule has 2 aromatic heterocycles. The summed E-state index contributed by atoms with van der Waals surface area (Å²) in [7, 11) is 0. The minimum absolute atomic E-state index is 0.658. The highest BCUT2D eigenvalue weighted by Gasteiger charge is 2.22.